The molecule has 0 radical (unpaired) electrons. The highest BCUT2D eigenvalue weighted by Gasteiger charge is 2.20. The van der Waals surface area contributed by atoms with Crippen LogP contribution in [-0.2, 0) is 0 Å². The lowest BCUT2D eigenvalue weighted by Gasteiger charge is -2.26. The number of hydrogen-bond donors (Lipinski definition) is 2. The predicted molar refractivity (Wildman–Crippen MR) is 76.5 cm³/mol. The summed E-state index contributed by atoms with van der Waals surface area (Å²) < 4.78 is 0. The molecule has 0 bridgehead atoms. The highest BCUT2D eigenvalue weighted by atomic mass is 15.1. The molecule has 0 aliphatic heterocycles. The second-order valence-corrected chi connectivity index (χ2v) is 5.87. The van der Waals surface area contributed by atoms with E-state index >= 15 is 0 Å². The van der Waals surface area contributed by atoms with Gasteiger partial charge in [-0.2, -0.15) is 0 Å². The number of rotatable bonds is 9. The van der Waals surface area contributed by atoms with Gasteiger partial charge in [-0.25, -0.2) is 0 Å². The molecule has 3 heteroatoms. The second-order valence-electron chi connectivity index (χ2n) is 5.87. The van der Waals surface area contributed by atoms with Crippen molar-refractivity contribution in [2.24, 2.45) is 11.1 Å². The van der Waals surface area contributed by atoms with Crippen LogP contribution in [0, 0.1) is 10.8 Å². The Morgan fingerprint density at radius 2 is 1.94 bits per heavy atom. The van der Waals surface area contributed by atoms with Crippen LogP contribution in [0.2, 0.25) is 0 Å². The standard InChI is InChI=1S/C14H31N3/c1-6-9-12(2)17(5)11-8-7-10-14(3,4)13(15)16/h12H,6-11H2,1-5H3,(H3,15,16). The van der Waals surface area contributed by atoms with Crippen LogP contribution in [0.5, 0.6) is 0 Å². The summed E-state index contributed by atoms with van der Waals surface area (Å²) in [6, 6.07) is 0.681. The average molecular weight is 241 g/mol. The van der Waals surface area contributed by atoms with E-state index in [9.17, 15) is 0 Å². The van der Waals surface area contributed by atoms with Crippen molar-refractivity contribution in [2.45, 2.75) is 65.8 Å². The minimum Gasteiger partial charge on any atom is -0.387 e. The molecule has 3 nitrogen and oxygen atoms in total. The van der Waals surface area contributed by atoms with Gasteiger partial charge in [-0.15, -0.1) is 0 Å². The van der Waals surface area contributed by atoms with Gasteiger partial charge in [-0.05, 0) is 39.8 Å². The molecule has 0 aromatic carbocycles. The summed E-state index contributed by atoms with van der Waals surface area (Å²) in [5.41, 5.74) is 5.44. The van der Waals surface area contributed by atoms with Crippen molar-refractivity contribution < 1.29 is 0 Å². The Bertz CT molecular complexity index is 224. The first-order chi connectivity index (χ1) is 7.81. The summed E-state index contributed by atoms with van der Waals surface area (Å²) in [7, 11) is 2.20. The Balaban J connectivity index is 3.74. The number of unbranched alkanes of at least 4 members (excludes halogenated alkanes) is 1. The van der Waals surface area contributed by atoms with E-state index in [1.807, 2.05) is 0 Å². The first-order valence-electron chi connectivity index (χ1n) is 6.86. The molecule has 17 heavy (non-hydrogen) atoms. The molecule has 3 N–H and O–H groups in total. The zero-order valence-corrected chi connectivity index (χ0v) is 12.3. The van der Waals surface area contributed by atoms with Gasteiger partial charge in [0, 0.05) is 11.5 Å². The molecule has 0 amide bonds. The van der Waals surface area contributed by atoms with Crippen molar-refractivity contribution >= 4 is 5.84 Å². The summed E-state index contributed by atoms with van der Waals surface area (Å²) in [6.07, 6.45) is 5.88. The van der Waals surface area contributed by atoms with Gasteiger partial charge in [0.25, 0.3) is 0 Å². The Kier molecular flexibility index (Phi) is 7.44. The van der Waals surface area contributed by atoms with Crippen LogP contribution in [0.25, 0.3) is 0 Å². The zero-order chi connectivity index (χ0) is 13.5. The van der Waals surface area contributed by atoms with E-state index in [0.29, 0.717) is 11.9 Å². The highest BCUT2D eigenvalue weighted by Crippen LogP contribution is 2.22. The van der Waals surface area contributed by atoms with Crippen LogP contribution in [0.3, 0.4) is 0 Å². The number of amidine groups is 1. The molecule has 0 aliphatic carbocycles. The van der Waals surface area contributed by atoms with Gasteiger partial charge < -0.3 is 10.6 Å². The molecular weight excluding hydrogens is 210 g/mol. The van der Waals surface area contributed by atoms with Gasteiger partial charge in [0.2, 0.25) is 0 Å². The fourth-order valence-electron chi connectivity index (χ4n) is 1.92. The predicted octanol–water partition coefficient (Wildman–Crippen LogP) is 3.24. The lowest BCUT2D eigenvalue weighted by atomic mass is 9.86. The van der Waals surface area contributed by atoms with Crippen molar-refractivity contribution in [2.75, 3.05) is 13.6 Å². The van der Waals surface area contributed by atoms with E-state index in [1.165, 1.54) is 19.3 Å². The molecule has 0 spiro atoms. The summed E-state index contributed by atoms with van der Waals surface area (Å²) in [5.74, 6) is 0.310. The van der Waals surface area contributed by atoms with Crippen LogP contribution < -0.4 is 5.73 Å². The smallest absolute Gasteiger partial charge is 0.0963 e. The molecule has 0 aromatic heterocycles. The first kappa shape index (κ1) is 16.4. The van der Waals surface area contributed by atoms with Crippen molar-refractivity contribution in [3.8, 4) is 0 Å². The van der Waals surface area contributed by atoms with E-state index in [4.69, 9.17) is 11.1 Å². The van der Waals surface area contributed by atoms with Crippen LogP contribution in [0.15, 0.2) is 0 Å². The van der Waals surface area contributed by atoms with Gasteiger partial charge in [-0.3, -0.25) is 5.41 Å². The molecule has 1 unspecified atom stereocenters. The van der Waals surface area contributed by atoms with Crippen molar-refractivity contribution in [3.05, 3.63) is 0 Å². The monoisotopic (exact) mass is 241 g/mol. The Labute approximate surface area is 107 Å². The van der Waals surface area contributed by atoms with Gasteiger partial charge >= 0.3 is 0 Å². The number of nitrogens with zero attached hydrogens (tertiary/aromatic N) is 1. The number of nitrogens with two attached hydrogens (primary N) is 1. The SMILES string of the molecule is CCCC(C)N(C)CCCCC(C)(C)C(=N)N. The Hall–Kier alpha value is -0.570. The van der Waals surface area contributed by atoms with E-state index in [2.05, 4.69) is 39.6 Å². The van der Waals surface area contributed by atoms with Crippen LogP contribution >= 0.6 is 0 Å². The maximum absolute atomic E-state index is 7.51. The Morgan fingerprint density at radius 1 is 1.35 bits per heavy atom. The molecule has 0 saturated carbocycles. The summed E-state index contributed by atoms with van der Waals surface area (Å²) >= 11 is 0. The molecule has 0 aromatic rings. The van der Waals surface area contributed by atoms with E-state index in [-0.39, 0.29) is 5.41 Å². The molecule has 0 heterocycles. The van der Waals surface area contributed by atoms with Crippen LogP contribution in [-0.4, -0.2) is 30.4 Å². The molecular formula is C14H31N3. The first-order valence-corrected chi connectivity index (χ1v) is 6.86. The lowest BCUT2D eigenvalue weighted by Crippen LogP contribution is -2.32. The van der Waals surface area contributed by atoms with Gasteiger partial charge in [-0.1, -0.05) is 33.6 Å². The molecule has 0 fully saturated rings. The van der Waals surface area contributed by atoms with Crippen molar-refractivity contribution in [1.82, 2.24) is 4.90 Å². The minimum atomic E-state index is -0.131. The average Bonchev–Trinajstić information content (AvgIpc) is 2.24. The Morgan fingerprint density at radius 3 is 2.41 bits per heavy atom. The fourth-order valence-corrected chi connectivity index (χ4v) is 1.92. The molecule has 102 valence electrons. The van der Waals surface area contributed by atoms with Crippen molar-refractivity contribution in [3.63, 3.8) is 0 Å². The maximum atomic E-state index is 7.51. The third-order valence-corrected chi connectivity index (χ3v) is 3.75. The van der Waals surface area contributed by atoms with Crippen molar-refractivity contribution in [1.29, 1.82) is 5.41 Å². The van der Waals surface area contributed by atoms with Gasteiger partial charge in [0.1, 0.15) is 0 Å². The van der Waals surface area contributed by atoms with Crippen LogP contribution in [0.1, 0.15) is 59.8 Å². The summed E-state index contributed by atoms with van der Waals surface area (Å²) in [6.45, 7) is 9.79. The fraction of sp³-hybridized carbons (Fsp3) is 0.929. The lowest BCUT2D eigenvalue weighted by molar-refractivity contribution is 0.237. The largest absolute Gasteiger partial charge is 0.387 e. The third-order valence-electron chi connectivity index (χ3n) is 3.75. The molecule has 0 saturated heterocycles. The molecule has 1 atom stereocenters. The highest BCUT2D eigenvalue weighted by molar-refractivity contribution is 5.82. The topological polar surface area (TPSA) is 53.1 Å². The van der Waals surface area contributed by atoms with E-state index < -0.39 is 0 Å². The van der Waals surface area contributed by atoms with E-state index in [1.54, 1.807) is 0 Å². The summed E-state index contributed by atoms with van der Waals surface area (Å²) in [4.78, 5) is 2.43. The number of hydrogen-bond acceptors (Lipinski definition) is 2. The molecule has 0 aliphatic rings. The second kappa shape index (κ2) is 7.70. The number of nitrogens with one attached hydrogen (secondary N) is 1. The zero-order valence-electron chi connectivity index (χ0n) is 12.3. The molecule has 0 rings (SSSR count). The summed E-state index contributed by atoms with van der Waals surface area (Å²) in [5, 5.41) is 7.51. The normalized spacial score (nSPS) is 14.0. The van der Waals surface area contributed by atoms with Gasteiger partial charge in [0.15, 0.2) is 0 Å². The van der Waals surface area contributed by atoms with Gasteiger partial charge in [0.05, 0.1) is 5.84 Å². The third kappa shape index (κ3) is 6.67. The van der Waals surface area contributed by atoms with E-state index in [0.717, 1.165) is 19.4 Å². The quantitative estimate of drug-likeness (QED) is 0.370. The maximum Gasteiger partial charge on any atom is 0.0963 e. The van der Waals surface area contributed by atoms with Crippen LogP contribution in [0.4, 0.5) is 0 Å². The minimum absolute atomic E-state index is 0.131.